The summed E-state index contributed by atoms with van der Waals surface area (Å²) < 4.78 is 5.30. The highest BCUT2D eigenvalue weighted by Crippen LogP contribution is 2.23. The monoisotopic (exact) mass is 481 g/mol. The molecule has 0 aliphatic carbocycles. The first-order valence-corrected chi connectivity index (χ1v) is 12.6. The van der Waals surface area contributed by atoms with E-state index in [1.807, 2.05) is 62.1 Å². The van der Waals surface area contributed by atoms with Crippen molar-refractivity contribution in [3.63, 3.8) is 0 Å². The van der Waals surface area contributed by atoms with E-state index >= 15 is 0 Å². The maximum absolute atomic E-state index is 13.1. The Labute approximate surface area is 209 Å². The molecule has 8 heteroatoms. The second-order valence-electron chi connectivity index (χ2n) is 9.61. The van der Waals surface area contributed by atoms with E-state index in [0.717, 1.165) is 42.2 Å². The van der Waals surface area contributed by atoms with Gasteiger partial charge >= 0.3 is 0 Å². The molecule has 0 spiro atoms. The quantitative estimate of drug-likeness (QED) is 0.541. The molecule has 190 valence electrons. The molecular weight excluding hydrogens is 442 g/mol. The summed E-state index contributed by atoms with van der Waals surface area (Å²) in [7, 11) is 1.65. The summed E-state index contributed by atoms with van der Waals surface area (Å²) in [6, 6.07) is 11.8. The minimum absolute atomic E-state index is 0.0173. The SMILES string of the molecule is CC[C@@H](C)N(CC(=O)N1CCCN(c2ccc(-c3cccc(OC)c3)nn2)CC1)C(=O)CC(C)C. The topological polar surface area (TPSA) is 78.9 Å². The first-order valence-electron chi connectivity index (χ1n) is 12.6. The lowest BCUT2D eigenvalue weighted by atomic mass is 10.1. The van der Waals surface area contributed by atoms with Crippen LogP contribution in [0, 0.1) is 5.92 Å². The molecule has 1 fully saturated rings. The third-order valence-electron chi connectivity index (χ3n) is 6.52. The molecule has 1 aliphatic rings. The number of hydrogen-bond acceptors (Lipinski definition) is 6. The van der Waals surface area contributed by atoms with Crippen molar-refractivity contribution in [2.45, 2.75) is 53.0 Å². The minimum atomic E-state index is 0.0173. The van der Waals surface area contributed by atoms with E-state index in [-0.39, 0.29) is 30.3 Å². The normalized spacial score (nSPS) is 15.0. The van der Waals surface area contributed by atoms with Gasteiger partial charge in [0, 0.05) is 44.2 Å². The van der Waals surface area contributed by atoms with Crippen molar-refractivity contribution in [2.75, 3.05) is 44.7 Å². The number of aromatic nitrogens is 2. The van der Waals surface area contributed by atoms with Crippen LogP contribution in [0.25, 0.3) is 11.3 Å². The van der Waals surface area contributed by atoms with Gasteiger partial charge in [0.15, 0.2) is 5.82 Å². The molecule has 2 heterocycles. The molecule has 0 saturated carbocycles. The van der Waals surface area contributed by atoms with Gasteiger partial charge in [-0.05, 0) is 49.9 Å². The molecule has 1 atom stereocenters. The molecule has 0 bridgehead atoms. The van der Waals surface area contributed by atoms with Crippen LogP contribution in [-0.2, 0) is 9.59 Å². The summed E-state index contributed by atoms with van der Waals surface area (Å²) >= 11 is 0. The number of nitrogens with zero attached hydrogens (tertiary/aromatic N) is 5. The van der Waals surface area contributed by atoms with E-state index < -0.39 is 0 Å². The van der Waals surface area contributed by atoms with Crippen molar-refractivity contribution in [1.29, 1.82) is 0 Å². The lowest BCUT2D eigenvalue weighted by Crippen LogP contribution is -2.47. The van der Waals surface area contributed by atoms with Crippen molar-refractivity contribution >= 4 is 17.6 Å². The number of carbonyl (C=O) groups excluding carboxylic acids is 2. The Morgan fingerprint density at radius 1 is 1.06 bits per heavy atom. The lowest BCUT2D eigenvalue weighted by Gasteiger charge is -2.31. The average Bonchev–Trinajstić information content (AvgIpc) is 3.13. The molecular formula is C27H39N5O3. The molecule has 1 aromatic heterocycles. The van der Waals surface area contributed by atoms with E-state index in [0.29, 0.717) is 26.1 Å². The molecule has 2 amide bonds. The highest BCUT2D eigenvalue weighted by atomic mass is 16.5. The van der Waals surface area contributed by atoms with E-state index in [1.54, 1.807) is 12.0 Å². The average molecular weight is 482 g/mol. The van der Waals surface area contributed by atoms with Crippen LogP contribution in [0.15, 0.2) is 36.4 Å². The summed E-state index contributed by atoms with van der Waals surface area (Å²) in [5, 5.41) is 8.88. The molecule has 1 aromatic carbocycles. The predicted octanol–water partition coefficient (Wildman–Crippen LogP) is 3.86. The minimum Gasteiger partial charge on any atom is -0.497 e. The first kappa shape index (κ1) is 26.4. The van der Waals surface area contributed by atoms with Gasteiger partial charge in [0.2, 0.25) is 11.8 Å². The van der Waals surface area contributed by atoms with Crippen LogP contribution in [-0.4, -0.2) is 77.7 Å². The van der Waals surface area contributed by atoms with Gasteiger partial charge < -0.3 is 19.4 Å². The molecule has 1 aliphatic heterocycles. The van der Waals surface area contributed by atoms with E-state index in [1.165, 1.54) is 0 Å². The van der Waals surface area contributed by atoms with Crippen LogP contribution in [0.3, 0.4) is 0 Å². The maximum Gasteiger partial charge on any atom is 0.242 e. The first-order chi connectivity index (χ1) is 16.8. The number of carbonyl (C=O) groups is 2. The number of ether oxygens (including phenoxy) is 1. The smallest absolute Gasteiger partial charge is 0.242 e. The van der Waals surface area contributed by atoms with E-state index in [2.05, 4.69) is 22.0 Å². The van der Waals surface area contributed by atoms with Crippen molar-refractivity contribution in [3.8, 4) is 17.0 Å². The third-order valence-corrected chi connectivity index (χ3v) is 6.52. The molecule has 1 saturated heterocycles. The molecule has 2 aromatic rings. The highest BCUT2D eigenvalue weighted by molar-refractivity contribution is 5.85. The number of benzene rings is 1. The van der Waals surface area contributed by atoms with Crippen LogP contribution in [0.4, 0.5) is 5.82 Å². The maximum atomic E-state index is 13.1. The van der Waals surface area contributed by atoms with Gasteiger partial charge in [-0.3, -0.25) is 9.59 Å². The van der Waals surface area contributed by atoms with Crippen LogP contribution in [0.1, 0.15) is 47.0 Å². The predicted molar refractivity (Wildman–Crippen MR) is 138 cm³/mol. The van der Waals surface area contributed by atoms with Crippen molar-refractivity contribution < 1.29 is 14.3 Å². The molecule has 0 radical (unpaired) electrons. The lowest BCUT2D eigenvalue weighted by molar-refractivity contribution is -0.142. The Kier molecular flexibility index (Phi) is 9.46. The molecule has 8 nitrogen and oxygen atoms in total. The molecule has 0 N–H and O–H groups in total. The summed E-state index contributed by atoms with van der Waals surface area (Å²) in [4.78, 5) is 31.7. The number of hydrogen-bond donors (Lipinski definition) is 0. The number of methoxy groups -OCH3 is 1. The number of anilines is 1. The van der Waals surface area contributed by atoms with Gasteiger partial charge in [-0.15, -0.1) is 10.2 Å². The van der Waals surface area contributed by atoms with Gasteiger partial charge in [-0.25, -0.2) is 0 Å². The molecule has 35 heavy (non-hydrogen) atoms. The van der Waals surface area contributed by atoms with E-state index in [9.17, 15) is 9.59 Å². The Hall–Kier alpha value is -3.16. The Morgan fingerprint density at radius 2 is 1.86 bits per heavy atom. The number of rotatable bonds is 9. The molecule has 0 unspecified atom stereocenters. The summed E-state index contributed by atoms with van der Waals surface area (Å²) in [6.45, 7) is 11.0. The number of amides is 2. The second kappa shape index (κ2) is 12.5. The fourth-order valence-electron chi connectivity index (χ4n) is 4.25. The Balaban J connectivity index is 1.62. The summed E-state index contributed by atoms with van der Waals surface area (Å²) in [5.41, 5.74) is 1.74. The van der Waals surface area contributed by atoms with Gasteiger partial charge in [0.05, 0.1) is 19.3 Å². The fourth-order valence-corrected chi connectivity index (χ4v) is 4.25. The molecule has 3 rings (SSSR count). The van der Waals surface area contributed by atoms with Crippen molar-refractivity contribution in [3.05, 3.63) is 36.4 Å². The second-order valence-corrected chi connectivity index (χ2v) is 9.61. The van der Waals surface area contributed by atoms with Crippen LogP contribution in [0.2, 0.25) is 0 Å². The van der Waals surface area contributed by atoms with Crippen molar-refractivity contribution in [2.24, 2.45) is 5.92 Å². The van der Waals surface area contributed by atoms with Gasteiger partial charge in [0.25, 0.3) is 0 Å². The van der Waals surface area contributed by atoms with Gasteiger partial charge in [-0.2, -0.15) is 0 Å². The zero-order valence-electron chi connectivity index (χ0n) is 21.7. The van der Waals surface area contributed by atoms with Crippen LogP contribution in [0.5, 0.6) is 5.75 Å². The Bertz CT molecular complexity index is 979. The van der Waals surface area contributed by atoms with Gasteiger partial charge in [-0.1, -0.05) is 32.9 Å². The largest absolute Gasteiger partial charge is 0.497 e. The standard InChI is InChI=1S/C27H39N5O3/c1-6-21(4)32(26(33)17-20(2)3)19-27(34)31-14-8-13-30(15-16-31)25-12-11-24(28-29-25)22-9-7-10-23(18-22)35-5/h7,9-12,18,20-21H,6,8,13-17,19H2,1-5H3/t21-/m1/s1. The highest BCUT2D eigenvalue weighted by Gasteiger charge is 2.26. The van der Waals surface area contributed by atoms with Crippen molar-refractivity contribution in [1.82, 2.24) is 20.0 Å². The van der Waals surface area contributed by atoms with Gasteiger partial charge in [0.1, 0.15) is 5.75 Å². The summed E-state index contributed by atoms with van der Waals surface area (Å²) in [6.07, 6.45) is 2.14. The van der Waals surface area contributed by atoms with Crippen LogP contribution < -0.4 is 9.64 Å². The Morgan fingerprint density at radius 3 is 2.51 bits per heavy atom. The van der Waals surface area contributed by atoms with E-state index in [4.69, 9.17) is 4.74 Å². The fraction of sp³-hybridized carbons (Fsp3) is 0.556. The third kappa shape index (κ3) is 7.16. The summed E-state index contributed by atoms with van der Waals surface area (Å²) in [5.74, 6) is 1.93. The zero-order chi connectivity index (χ0) is 25.4. The zero-order valence-corrected chi connectivity index (χ0v) is 21.7. The van der Waals surface area contributed by atoms with Crippen LogP contribution >= 0.6 is 0 Å².